The quantitative estimate of drug-likeness (QED) is 0.667. The van der Waals surface area contributed by atoms with Crippen molar-refractivity contribution >= 4 is 23.0 Å². The third-order valence-electron chi connectivity index (χ3n) is 5.75. The SMILES string of the molecule is COc1cc(C(=O)Nc2cc(N3C[C@H](C)C[C@@H](C)C3)c(C)cc2N)cc(OC)c1OC. The highest BCUT2D eigenvalue weighted by atomic mass is 16.5. The van der Waals surface area contributed by atoms with Crippen LogP contribution in [0.2, 0.25) is 0 Å². The molecule has 1 fully saturated rings. The molecule has 0 saturated carbocycles. The van der Waals surface area contributed by atoms with Gasteiger partial charge in [-0.3, -0.25) is 4.79 Å². The zero-order valence-electron chi connectivity index (χ0n) is 19.2. The number of nitrogens with zero attached hydrogens (tertiary/aromatic N) is 1. The third kappa shape index (κ3) is 4.81. The molecule has 3 N–H and O–H groups in total. The first-order chi connectivity index (χ1) is 14.8. The van der Waals surface area contributed by atoms with Crippen LogP contribution in [0, 0.1) is 18.8 Å². The molecule has 0 aliphatic carbocycles. The van der Waals surface area contributed by atoms with Gasteiger partial charge in [-0.25, -0.2) is 0 Å². The van der Waals surface area contributed by atoms with Crippen LogP contribution in [-0.4, -0.2) is 40.3 Å². The number of nitrogens with one attached hydrogen (secondary N) is 1. The van der Waals surface area contributed by atoms with Gasteiger partial charge in [0, 0.05) is 24.3 Å². The highest BCUT2D eigenvalue weighted by Crippen LogP contribution is 2.39. The molecule has 168 valence electrons. The smallest absolute Gasteiger partial charge is 0.255 e. The first-order valence-electron chi connectivity index (χ1n) is 10.5. The number of carbonyl (C=O) groups is 1. The molecule has 1 aliphatic rings. The van der Waals surface area contributed by atoms with Crippen LogP contribution in [0.1, 0.15) is 36.2 Å². The predicted octanol–water partition coefficient (Wildman–Crippen LogP) is 4.34. The average molecular weight is 428 g/mol. The summed E-state index contributed by atoms with van der Waals surface area (Å²) in [6.07, 6.45) is 1.23. The summed E-state index contributed by atoms with van der Waals surface area (Å²) in [5, 5.41) is 2.95. The lowest BCUT2D eigenvalue weighted by atomic mass is 9.91. The van der Waals surface area contributed by atoms with E-state index in [4.69, 9.17) is 19.9 Å². The second kappa shape index (κ2) is 9.37. The number of ether oxygens (including phenoxy) is 3. The van der Waals surface area contributed by atoms with Gasteiger partial charge in [-0.15, -0.1) is 0 Å². The van der Waals surface area contributed by atoms with E-state index in [0.29, 0.717) is 46.0 Å². The first kappa shape index (κ1) is 22.6. The highest BCUT2D eigenvalue weighted by Gasteiger charge is 2.24. The number of hydrogen-bond donors (Lipinski definition) is 2. The molecule has 1 aliphatic heterocycles. The number of methoxy groups -OCH3 is 3. The Kier molecular flexibility index (Phi) is 6.83. The van der Waals surface area contributed by atoms with Crippen LogP contribution in [0.5, 0.6) is 17.2 Å². The second-order valence-corrected chi connectivity index (χ2v) is 8.45. The fraction of sp³-hybridized carbons (Fsp3) is 0.458. The van der Waals surface area contributed by atoms with E-state index in [1.54, 1.807) is 12.1 Å². The summed E-state index contributed by atoms with van der Waals surface area (Å²) in [6.45, 7) is 8.61. The van der Waals surface area contributed by atoms with Crippen LogP contribution in [0.4, 0.5) is 17.1 Å². The van der Waals surface area contributed by atoms with Crippen molar-refractivity contribution in [3.63, 3.8) is 0 Å². The topological polar surface area (TPSA) is 86.1 Å². The van der Waals surface area contributed by atoms with Crippen LogP contribution >= 0.6 is 0 Å². The number of piperidine rings is 1. The minimum atomic E-state index is -0.305. The molecule has 1 heterocycles. The van der Waals surface area contributed by atoms with E-state index in [1.807, 2.05) is 12.1 Å². The summed E-state index contributed by atoms with van der Waals surface area (Å²) in [7, 11) is 4.56. The van der Waals surface area contributed by atoms with Crippen molar-refractivity contribution in [2.75, 3.05) is 50.4 Å². The molecule has 0 aromatic heterocycles. The van der Waals surface area contributed by atoms with Crippen LogP contribution in [-0.2, 0) is 0 Å². The number of rotatable bonds is 6. The number of anilines is 3. The van der Waals surface area contributed by atoms with Crippen LogP contribution in [0.3, 0.4) is 0 Å². The third-order valence-corrected chi connectivity index (χ3v) is 5.75. The largest absolute Gasteiger partial charge is 0.493 e. The lowest BCUT2D eigenvalue weighted by Gasteiger charge is -2.37. The number of nitrogens with two attached hydrogens (primary N) is 1. The summed E-state index contributed by atoms with van der Waals surface area (Å²) in [5.74, 6) is 2.21. The molecule has 2 aromatic carbocycles. The molecular formula is C24H33N3O4. The standard InChI is InChI=1S/C24H33N3O4/c1-14-7-15(2)13-27(12-14)20-11-19(18(25)8-16(20)3)26-24(28)17-9-21(29-4)23(31-6)22(10-17)30-5/h8-11,14-15H,7,12-13,25H2,1-6H3,(H,26,28)/t14-,15-/m1/s1. The van der Waals surface area contributed by atoms with Gasteiger partial charge in [0.15, 0.2) is 11.5 Å². The van der Waals surface area contributed by atoms with Crippen molar-refractivity contribution in [1.82, 2.24) is 0 Å². The molecule has 7 heteroatoms. The van der Waals surface area contributed by atoms with Crippen molar-refractivity contribution in [3.8, 4) is 17.2 Å². The van der Waals surface area contributed by atoms with Crippen LogP contribution in [0.15, 0.2) is 24.3 Å². The van der Waals surface area contributed by atoms with Crippen molar-refractivity contribution in [3.05, 3.63) is 35.4 Å². The van der Waals surface area contributed by atoms with Crippen LogP contribution in [0.25, 0.3) is 0 Å². The molecule has 0 bridgehead atoms. The van der Waals surface area contributed by atoms with E-state index in [2.05, 4.69) is 31.0 Å². The zero-order chi connectivity index (χ0) is 22.7. The molecule has 1 saturated heterocycles. The van der Waals surface area contributed by atoms with Crippen LogP contribution < -0.4 is 30.2 Å². The van der Waals surface area contributed by atoms with Crippen molar-refractivity contribution < 1.29 is 19.0 Å². The molecule has 31 heavy (non-hydrogen) atoms. The predicted molar refractivity (Wildman–Crippen MR) is 125 cm³/mol. The van der Waals surface area contributed by atoms with E-state index in [0.717, 1.165) is 24.3 Å². The molecule has 1 amide bonds. The molecule has 2 atom stereocenters. The molecule has 2 aromatic rings. The van der Waals surface area contributed by atoms with E-state index >= 15 is 0 Å². The summed E-state index contributed by atoms with van der Waals surface area (Å²) in [5.41, 5.74) is 9.96. The summed E-state index contributed by atoms with van der Waals surface area (Å²) in [4.78, 5) is 15.4. The van der Waals surface area contributed by atoms with Gasteiger partial charge in [-0.1, -0.05) is 13.8 Å². The maximum atomic E-state index is 13.0. The van der Waals surface area contributed by atoms with E-state index in [-0.39, 0.29) is 5.91 Å². The maximum absolute atomic E-state index is 13.0. The Hall–Kier alpha value is -3.09. The minimum Gasteiger partial charge on any atom is -0.493 e. The normalized spacial score (nSPS) is 18.5. The minimum absolute atomic E-state index is 0.305. The first-order valence-corrected chi connectivity index (χ1v) is 10.5. The maximum Gasteiger partial charge on any atom is 0.255 e. The number of aryl methyl sites for hydroxylation is 1. The van der Waals surface area contributed by atoms with Gasteiger partial charge in [-0.2, -0.15) is 0 Å². The van der Waals surface area contributed by atoms with Gasteiger partial charge in [0.1, 0.15) is 0 Å². The summed E-state index contributed by atoms with van der Waals surface area (Å²) in [6, 6.07) is 7.14. The van der Waals surface area contributed by atoms with Gasteiger partial charge in [-0.05, 0) is 55.0 Å². The Morgan fingerprint density at radius 2 is 1.58 bits per heavy atom. The average Bonchev–Trinajstić information content (AvgIpc) is 2.73. The number of carbonyl (C=O) groups excluding carboxylic acids is 1. The molecule has 0 unspecified atom stereocenters. The molecule has 3 rings (SSSR count). The Morgan fingerprint density at radius 1 is 1.00 bits per heavy atom. The van der Waals surface area contributed by atoms with Crippen molar-refractivity contribution in [1.29, 1.82) is 0 Å². The van der Waals surface area contributed by atoms with E-state index in [1.165, 1.54) is 27.8 Å². The number of amides is 1. The molecular weight excluding hydrogens is 394 g/mol. The monoisotopic (exact) mass is 427 g/mol. The summed E-state index contributed by atoms with van der Waals surface area (Å²) >= 11 is 0. The molecule has 0 spiro atoms. The Bertz CT molecular complexity index is 925. The fourth-order valence-corrected chi connectivity index (χ4v) is 4.43. The van der Waals surface area contributed by atoms with E-state index < -0.39 is 0 Å². The van der Waals surface area contributed by atoms with E-state index in [9.17, 15) is 4.79 Å². The Morgan fingerprint density at radius 3 is 2.10 bits per heavy atom. The van der Waals surface area contributed by atoms with Crippen molar-refractivity contribution in [2.45, 2.75) is 27.2 Å². The number of hydrogen-bond acceptors (Lipinski definition) is 6. The van der Waals surface area contributed by atoms with Gasteiger partial charge in [0.25, 0.3) is 5.91 Å². The molecule has 0 radical (unpaired) electrons. The zero-order valence-corrected chi connectivity index (χ0v) is 19.2. The van der Waals surface area contributed by atoms with Gasteiger partial charge >= 0.3 is 0 Å². The Balaban J connectivity index is 1.91. The van der Waals surface area contributed by atoms with Crippen molar-refractivity contribution in [2.24, 2.45) is 11.8 Å². The van der Waals surface area contributed by atoms with Gasteiger partial charge in [0.2, 0.25) is 5.75 Å². The summed E-state index contributed by atoms with van der Waals surface area (Å²) < 4.78 is 16.1. The number of nitrogen functional groups attached to an aromatic ring is 1. The van der Waals surface area contributed by atoms with Gasteiger partial charge in [0.05, 0.1) is 32.7 Å². The highest BCUT2D eigenvalue weighted by molar-refractivity contribution is 6.07. The second-order valence-electron chi connectivity index (χ2n) is 8.45. The lowest BCUT2D eigenvalue weighted by molar-refractivity contribution is 0.102. The lowest BCUT2D eigenvalue weighted by Crippen LogP contribution is -2.39. The fourth-order valence-electron chi connectivity index (χ4n) is 4.43. The number of benzene rings is 2. The van der Waals surface area contributed by atoms with Gasteiger partial charge < -0.3 is 30.2 Å². The Labute approximate surface area is 184 Å². The molecule has 7 nitrogen and oxygen atoms in total.